The molecule has 2 aliphatic heterocycles. The van der Waals surface area contributed by atoms with Crippen LogP contribution in [0.15, 0.2) is 42.5 Å². The average molecular weight is 488 g/mol. The van der Waals surface area contributed by atoms with Crippen LogP contribution in [0.25, 0.3) is 10.9 Å². The normalized spacial score (nSPS) is 18.2. The number of benzene rings is 2. The van der Waals surface area contributed by atoms with Gasteiger partial charge in [0.15, 0.2) is 11.8 Å². The molecule has 2 unspecified atom stereocenters. The Hall–Kier alpha value is -3.63. The Morgan fingerprint density at radius 3 is 2.40 bits per heavy atom. The van der Waals surface area contributed by atoms with Crippen molar-refractivity contribution in [2.75, 3.05) is 6.54 Å². The molecule has 8 nitrogen and oxygen atoms in total. The number of fused-ring (bicyclic) bond motifs is 6. The largest absolute Gasteiger partial charge is 1.00 e. The highest BCUT2D eigenvalue weighted by Crippen LogP contribution is 2.46. The standard InChI is InChI=1S/C23H22F2N2O.C2H2O4.H2O/c24-15-5-3-14(4-6-15)22(28)2-1-11-27-17-8-10-21(27)23-18-12-16(25)7-9-19(18)26-20(23)13-17;3-1(4)2(5)6;/h3-7,9,12,17,21,26H,1-2,8,10-11,13H2;(H,3,4)(H,5,6);1H2. The van der Waals surface area contributed by atoms with Gasteiger partial charge in [0.05, 0.1) is 0 Å². The summed E-state index contributed by atoms with van der Waals surface area (Å²) in [6, 6.07) is 11.5. The monoisotopic (exact) mass is 488 g/mol. The summed E-state index contributed by atoms with van der Waals surface area (Å²) < 4.78 is 26.8. The van der Waals surface area contributed by atoms with E-state index in [1.54, 1.807) is 18.2 Å². The van der Waals surface area contributed by atoms with Gasteiger partial charge in [-0.2, -0.15) is 0 Å². The molecule has 1 aromatic heterocycles. The Balaban J connectivity index is 0.000000514. The topological polar surface area (TPSA) is 145 Å². The van der Waals surface area contributed by atoms with Crippen LogP contribution in [0.4, 0.5) is 8.78 Å². The van der Waals surface area contributed by atoms with E-state index in [-0.39, 0.29) is 24.3 Å². The summed E-state index contributed by atoms with van der Waals surface area (Å²) >= 11 is 0. The predicted octanol–water partition coefficient (Wildman–Crippen LogP) is 2.28. The molecule has 2 bridgehead atoms. The van der Waals surface area contributed by atoms with Crippen molar-refractivity contribution in [2.24, 2.45) is 0 Å². The van der Waals surface area contributed by atoms with Gasteiger partial charge in [0.25, 0.3) is 0 Å². The van der Waals surface area contributed by atoms with Crippen molar-refractivity contribution in [3.63, 3.8) is 0 Å². The third-order valence-electron chi connectivity index (χ3n) is 6.46. The van der Waals surface area contributed by atoms with Crippen molar-refractivity contribution in [3.05, 3.63) is 70.9 Å². The Morgan fingerprint density at radius 1 is 1.09 bits per heavy atom. The third kappa shape index (κ3) is 5.55. The van der Waals surface area contributed by atoms with Gasteiger partial charge in [0.1, 0.15) is 11.6 Å². The zero-order valence-electron chi connectivity index (χ0n) is 19.7. The number of carbonyl (C=O) groups is 3. The van der Waals surface area contributed by atoms with E-state index in [0.717, 1.165) is 43.1 Å². The Kier molecular flexibility index (Phi) is 7.98. The van der Waals surface area contributed by atoms with Crippen molar-refractivity contribution >= 4 is 28.6 Å². The number of ketones is 1. The summed E-state index contributed by atoms with van der Waals surface area (Å²) in [6.07, 6.45) is 4.39. The van der Waals surface area contributed by atoms with E-state index in [9.17, 15) is 13.6 Å². The van der Waals surface area contributed by atoms with Gasteiger partial charge in [-0.15, -0.1) is 0 Å². The van der Waals surface area contributed by atoms with E-state index in [2.05, 4.69) is 9.88 Å². The smallest absolute Gasteiger partial charge is 0.539 e. The van der Waals surface area contributed by atoms with Crippen LogP contribution in [0.5, 0.6) is 0 Å². The van der Waals surface area contributed by atoms with Crippen molar-refractivity contribution in [1.82, 2.24) is 9.88 Å². The summed E-state index contributed by atoms with van der Waals surface area (Å²) in [6.45, 7) is 0.851. The second-order valence-electron chi connectivity index (χ2n) is 8.52. The number of Topliss-reactive ketones (excluding diaryl/α,β-unsaturated/α-hetero) is 1. The number of nitrogens with zero attached hydrogens (tertiary/aromatic N) is 1. The van der Waals surface area contributed by atoms with Crippen LogP contribution in [0, 0.1) is 11.6 Å². The zero-order chi connectivity index (χ0) is 24.4. The molecular formula is C25H26F2N2O6. The average Bonchev–Trinajstić information content (AvgIpc) is 3.29. The maximum absolute atomic E-state index is 13.8. The van der Waals surface area contributed by atoms with Crippen LogP contribution >= 0.6 is 0 Å². The van der Waals surface area contributed by atoms with Gasteiger partial charge in [-0.25, -0.2) is 13.6 Å². The molecule has 3 heterocycles. The number of halogens is 2. The van der Waals surface area contributed by atoms with Crippen molar-refractivity contribution in [2.45, 2.75) is 44.2 Å². The molecule has 0 spiro atoms. The van der Waals surface area contributed by atoms with Crippen molar-refractivity contribution in [1.29, 1.82) is 0 Å². The molecular weight excluding hydrogens is 462 g/mol. The number of aromatic nitrogens is 1. The second kappa shape index (κ2) is 10.7. The van der Waals surface area contributed by atoms with Crippen molar-refractivity contribution in [3.8, 4) is 0 Å². The predicted molar refractivity (Wildman–Crippen MR) is 122 cm³/mol. The first-order chi connectivity index (χ1) is 16.2. The molecule has 0 radical (unpaired) electrons. The maximum Gasteiger partial charge on any atom is 1.00 e. The highest BCUT2D eigenvalue weighted by Gasteiger charge is 2.41. The number of hydrogen-bond donors (Lipinski definition) is 2. The minimum absolute atomic E-state index is 0. The fraction of sp³-hybridized carbons (Fsp3) is 0.320. The SMILES string of the molecule is O.O=C(CCCN1C2CCC1c1c([nH]c3ccc(F)cc13)C2)c1ccc(F)cc1.O=C([O-])C(=O)O.[H+]. The van der Waals surface area contributed by atoms with Gasteiger partial charge in [-0.3, -0.25) is 9.69 Å². The van der Waals surface area contributed by atoms with E-state index < -0.39 is 11.9 Å². The molecule has 0 aliphatic carbocycles. The Morgan fingerprint density at radius 2 is 1.74 bits per heavy atom. The second-order valence-corrected chi connectivity index (χ2v) is 8.52. The summed E-state index contributed by atoms with van der Waals surface area (Å²) in [5.74, 6) is -4.48. The lowest BCUT2D eigenvalue weighted by Gasteiger charge is -2.35. The van der Waals surface area contributed by atoms with Gasteiger partial charge in [0.2, 0.25) is 0 Å². The maximum atomic E-state index is 13.8. The summed E-state index contributed by atoms with van der Waals surface area (Å²) in [5, 5.41) is 17.3. The van der Waals surface area contributed by atoms with E-state index in [0.29, 0.717) is 24.1 Å². The van der Waals surface area contributed by atoms with Crippen LogP contribution in [-0.4, -0.2) is 50.8 Å². The number of hydrogen-bond acceptors (Lipinski definition) is 5. The first-order valence-corrected chi connectivity index (χ1v) is 11.0. The van der Waals surface area contributed by atoms with Gasteiger partial charge in [-0.1, -0.05) is 0 Å². The van der Waals surface area contributed by atoms with E-state index >= 15 is 0 Å². The highest BCUT2D eigenvalue weighted by atomic mass is 19.1. The molecule has 0 amide bonds. The number of carboxylic acid groups (broad SMARTS) is 2. The minimum Gasteiger partial charge on any atom is -0.539 e. The molecule has 5 rings (SSSR count). The molecule has 0 saturated carbocycles. The number of carbonyl (C=O) groups excluding carboxylic acids is 2. The fourth-order valence-corrected chi connectivity index (χ4v) is 5.02. The molecule has 1 saturated heterocycles. The van der Waals surface area contributed by atoms with Gasteiger partial charge in [0, 0.05) is 47.1 Å². The van der Waals surface area contributed by atoms with E-state index in [4.69, 9.17) is 19.8 Å². The van der Waals surface area contributed by atoms with Crippen LogP contribution < -0.4 is 5.11 Å². The van der Waals surface area contributed by atoms with Gasteiger partial charge in [-0.05, 0) is 73.8 Å². The summed E-state index contributed by atoms with van der Waals surface area (Å²) in [4.78, 5) is 36.4. The molecule has 2 atom stereocenters. The van der Waals surface area contributed by atoms with E-state index in [1.807, 2.05) is 6.07 Å². The quantitative estimate of drug-likeness (QED) is 0.416. The van der Waals surface area contributed by atoms with Gasteiger partial charge >= 0.3 is 7.40 Å². The van der Waals surface area contributed by atoms with Gasteiger partial charge < -0.3 is 25.5 Å². The number of H-pyrrole nitrogens is 1. The van der Waals surface area contributed by atoms with Crippen LogP contribution in [0.1, 0.15) is 54.8 Å². The number of carboxylic acids is 2. The number of nitrogens with one attached hydrogen (secondary N) is 1. The lowest BCUT2D eigenvalue weighted by molar-refractivity contribution is -0.303. The lowest BCUT2D eigenvalue weighted by atomic mass is 9.96. The minimum atomic E-state index is -2.07. The zero-order valence-corrected chi connectivity index (χ0v) is 18.7. The summed E-state index contributed by atoms with van der Waals surface area (Å²) in [7, 11) is 0. The number of aromatic amines is 1. The first-order valence-electron chi connectivity index (χ1n) is 11.0. The van der Waals surface area contributed by atoms with Crippen molar-refractivity contribution < 1.29 is 40.3 Å². The Labute approximate surface area is 201 Å². The molecule has 186 valence electrons. The van der Waals surface area contributed by atoms with Crippen LogP contribution in [0.3, 0.4) is 0 Å². The third-order valence-corrected chi connectivity index (χ3v) is 6.46. The van der Waals surface area contributed by atoms with Crippen LogP contribution in [-0.2, 0) is 16.0 Å². The molecule has 2 aromatic carbocycles. The highest BCUT2D eigenvalue weighted by molar-refractivity contribution is 6.26. The molecule has 4 N–H and O–H groups in total. The number of aliphatic carboxylic acids is 2. The molecule has 35 heavy (non-hydrogen) atoms. The lowest BCUT2D eigenvalue weighted by Crippen LogP contribution is -2.38. The number of rotatable bonds is 5. The van der Waals surface area contributed by atoms with Crippen LogP contribution in [0.2, 0.25) is 0 Å². The fourth-order valence-electron chi connectivity index (χ4n) is 5.02. The van der Waals surface area contributed by atoms with E-state index in [1.165, 1.54) is 29.5 Å². The Bertz CT molecular complexity index is 1240. The molecule has 2 aliphatic rings. The first kappa shape index (κ1) is 26.0. The summed E-state index contributed by atoms with van der Waals surface area (Å²) in [5.41, 5.74) is 4.06. The molecule has 10 heteroatoms. The molecule has 3 aromatic rings. The molecule has 1 fully saturated rings.